The summed E-state index contributed by atoms with van der Waals surface area (Å²) in [5.41, 5.74) is 1.85. The fourth-order valence-electron chi connectivity index (χ4n) is 2.29. The number of halogens is 1. The van der Waals surface area contributed by atoms with Gasteiger partial charge in [-0.25, -0.2) is 13.2 Å². The molecule has 0 aliphatic rings. The second kappa shape index (κ2) is 8.41. The Morgan fingerprint density at radius 1 is 1.15 bits per heavy atom. The predicted molar refractivity (Wildman–Crippen MR) is 105 cm³/mol. The number of hydrogen-bond donors (Lipinski definition) is 2. The second-order valence-electron chi connectivity index (χ2n) is 5.77. The van der Waals surface area contributed by atoms with Crippen molar-refractivity contribution in [1.82, 2.24) is 0 Å². The Balaban J connectivity index is 2.21. The number of carbonyl (C=O) groups is 2. The summed E-state index contributed by atoms with van der Waals surface area (Å²) in [7, 11) is -3.41. The van der Waals surface area contributed by atoms with Gasteiger partial charge < -0.3 is 10.1 Å². The minimum Gasteiger partial charge on any atom is -0.462 e. The lowest BCUT2D eigenvalue weighted by molar-refractivity contribution is 0.0526. The first-order valence-electron chi connectivity index (χ1n) is 7.97. The molecule has 9 heteroatoms. The standard InChI is InChI=1S/C18H19ClN2O5S/c1-4-26-18(23)14-10-13(6-7-15(14)19)20-17(22)12-5-8-16(11(2)9-12)21-27(3,24)25/h5-10,21H,4H2,1-3H3,(H,20,22). The van der Waals surface area contributed by atoms with Crippen LogP contribution in [0.2, 0.25) is 5.02 Å². The summed E-state index contributed by atoms with van der Waals surface area (Å²) >= 11 is 6.00. The van der Waals surface area contributed by atoms with E-state index < -0.39 is 21.9 Å². The smallest absolute Gasteiger partial charge is 0.339 e. The average Bonchev–Trinajstić information content (AvgIpc) is 2.57. The summed E-state index contributed by atoms with van der Waals surface area (Å²) in [6.07, 6.45) is 1.05. The number of rotatable bonds is 6. The van der Waals surface area contributed by atoms with Crippen LogP contribution in [0.15, 0.2) is 36.4 Å². The van der Waals surface area contributed by atoms with E-state index in [1.807, 2.05) is 0 Å². The zero-order valence-electron chi connectivity index (χ0n) is 15.0. The number of esters is 1. The zero-order valence-corrected chi connectivity index (χ0v) is 16.6. The van der Waals surface area contributed by atoms with Gasteiger partial charge >= 0.3 is 5.97 Å². The Labute approximate surface area is 162 Å². The lowest BCUT2D eigenvalue weighted by Gasteiger charge is -2.11. The molecule has 0 unspecified atom stereocenters. The van der Waals surface area contributed by atoms with E-state index in [1.165, 1.54) is 24.3 Å². The van der Waals surface area contributed by atoms with E-state index in [0.29, 0.717) is 22.5 Å². The third-order valence-electron chi connectivity index (χ3n) is 3.50. The van der Waals surface area contributed by atoms with Gasteiger partial charge in [0.1, 0.15) is 0 Å². The minimum absolute atomic E-state index is 0.153. The van der Waals surface area contributed by atoms with Crippen LogP contribution in [0.4, 0.5) is 11.4 Å². The molecule has 27 heavy (non-hydrogen) atoms. The molecule has 0 heterocycles. The second-order valence-corrected chi connectivity index (χ2v) is 7.93. The molecular weight excluding hydrogens is 392 g/mol. The normalized spacial score (nSPS) is 11.0. The van der Waals surface area contributed by atoms with Gasteiger partial charge in [0.05, 0.1) is 29.1 Å². The SMILES string of the molecule is CCOC(=O)c1cc(NC(=O)c2ccc(NS(C)(=O)=O)c(C)c2)ccc1Cl. The fraction of sp³-hybridized carbons (Fsp3) is 0.222. The molecule has 2 aromatic rings. The molecule has 0 aliphatic carbocycles. The molecule has 0 fully saturated rings. The Morgan fingerprint density at radius 2 is 1.85 bits per heavy atom. The van der Waals surface area contributed by atoms with Crippen molar-refractivity contribution in [1.29, 1.82) is 0 Å². The third-order valence-corrected chi connectivity index (χ3v) is 4.42. The molecule has 0 saturated carbocycles. The van der Waals surface area contributed by atoms with Crippen LogP contribution in [-0.4, -0.2) is 33.2 Å². The predicted octanol–water partition coefficient (Wildman–Crippen LogP) is 3.45. The highest BCUT2D eigenvalue weighted by atomic mass is 35.5. The van der Waals surface area contributed by atoms with Crippen molar-refractivity contribution < 1.29 is 22.7 Å². The van der Waals surface area contributed by atoms with E-state index in [4.69, 9.17) is 16.3 Å². The van der Waals surface area contributed by atoms with Crippen molar-refractivity contribution in [2.75, 3.05) is 22.9 Å². The molecular formula is C18H19ClN2O5S. The van der Waals surface area contributed by atoms with E-state index in [1.54, 1.807) is 26.0 Å². The molecule has 0 bridgehead atoms. The van der Waals surface area contributed by atoms with Gasteiger partial charge in [-0.3, -0.25) is 9.52 Å². The van der Waals surface area contributed by atoms with Crippen molar-refractivity contribution in [3.63, 3.8) is 0 Å². The van der Waals surface area contributed by atoms with Crippen molar-refractivity contribution in [2.24, 2.45) is 0 Å². The van der Waals surface area contributed by atoms with Gasteiger partial charge in [-0.1, -0.05) is 11.6 Å². The van der Waals surface area contributed by atoms with Crippen LogP contribution < -0.4 is 10.0 Å². The molecule has 144 valence electrons. The molecule has 0 saturated heterocycles. The summed E-state index contributed by atoms with van der Waals surface area (Å²) in [5, 5.41) is 2.89. The number of ether oxygens (including phenoxy) is 1. The van der Waals surface area contributed by atoms with Crippen molar-refractivity contribution in [3.8, 4) is 0 Å². The lowest BCUT2D eigenvalue weighted by atomic mass is 10.1. The minimum atomic E-state index is -3.41. The maximum atomic E-state index is 12.5. The van der Waals surface area contributed by atoms with Gasteiger partial charge in [0, 0.05) is 11.3 Å². The van der Waals surface area contributed by atoms with Crippen LogP contribution in [0.1, 0.15) is 33.2 Å². The highest BCUT2D eigenvalue weighted by Gasteiger charge is 2.15. The summed E-state index contributed by atoms with van der Waals surface area (Å²) in [5.74, 6) is -0.994. The first kappa shape index (κ1) is 20.7. The molecule has 0 atom stereocenters. The maximum Gasteiger partial charge on any atom is 0.339 e. The van der Waals surface area contributed by atoms with Crippen molar-refractivity contribution in [2.45, 2.75) is 13.8 Å². The summed E-state index contributed by atoms with van der Waals surface area (Å²) < 4.78 is 30.0. The highest BCUT2D eigenvalue weighted by Crippen LogP contribution is 2.23. The Morgan fingerprint density at radius 3 is 2.44 bits per heavy atom. The monoisotopic (exact) mass is 410 g/mol. The summed E-state index contributed by atoms with van der Waals surface area (Å²) in [6, 6.07) is 9.06. The van der Waals surface area contributed by atoms with Crippen molar-refractivity contribution >= 4 is 44.9 Å². The molecule has 7 nitrogen and oxygen atoms in total. The van der Waals surface area contributed by atoms with Crippen LogP contribution in [0.5, 0.6) is 0 Å². The van der Waals surface area contributed by atoms with E-state index >= 15 is 0 Å². The Kier molecular flexibility index (Phi) is 6.45. The molecule has 0 aromatic heterocycles. The molecule has 0 radical (unpaired) electrons. The number of nitrogens with one attached hydrogen (secondary N) is 2. The number of benzene rings is 2. The van der Waals surface area contributed by atoms with Crippen LogP contribution in [-0.2, 0) is 14.8 Å². The number of amides is 1. The first-order valence-corrected chi connectivity index (χ1v) is 10.2. The molecule has 1 amide bonds. The van der Waals surface area contributed by atoms with Crippen molar-refractivity contribution in [3.05, 3.63) is 58.1 Å². The maximum absolute atomic E-state index is 12.5. The Bertz CT molecular complexity index is 989. The molecule has 2 aromatic carbocycles. The zero-order chi connectivity index (χ0) is 20.2. The highest BCUT2D eigenvalue weighted by molar-refractivity contribution is 7.92. The fourth-order valence-corrected chi connectivity index (χ4v) is 3.11. The summed E-state index contributed by atoms with van der Waals surface area (Å²) in [6.45, 7) is 3.58. The van der Waals surface area contributed by atoms with Crippen LogP contribution in [0, 0.1) is 6.92 Å². The van der Waals surface area contributed by atoms with Crippen LogP contribution in [0.25, 0.3) is 0 Å². The van der Waals surface area contributed by atoms with Gasteiger partial charge in [-0.05, 0) is 55.8 Å². The van der Waals surface area contributed by atoms with E-state index in [0.717, 1.165) is 6.26 Å². The summed E-state index contributed by atoms with van der Waals surface area (Å²) in [4.78, 5) is 24.3. The number of anilines is 2. The van der Waals surface area contributed by atoms with E-state index in [2.05, 4.69) is 10.0 Å². The number of aryl methyl sites for hydroxylation is 1. The van der Waals surface area contributed by atoms with Crippen LogP contribution in [0.3, 0.4) is 0 Å². The van der Waals surface area contributed by atoms with E-state index in [-0.39, 0.29) is 17.2 Å². The molecule has 0 aliphatic heterocycles. The molecule has 2 rings (SSSR count). The van der Waals surface area contributed by atoms with Gasteiger partial charge in [0.15, 0.2) is 0 Å². The topological polar surface area (TPSA) is 102 Å². The number of sulfonamides is 1. The largest absolute Gasteiger partial charge is 0.462 e. The van der Waals surface area contributed by atoms with Crippen LogP contribution >= 0.6 is 11.6 Å². The molecule has 2 N–H and O–H groups in total. The molecule has 0 spiro atoms. The van der Waals surface area contributed by atoms with E-state index in [9.17, 15) is 18.0 Å². The van der Waals surface area contributed by atoms with Gasteiger partial charge in [-0.15, -0.1) is 0 Å². The quantitative estimate of drug-likeness (QED) is 0.710. The average molecular weight is 411 g/mol. The lowest BCUT2D eigenvalue weighted by Crippen LogP contribution is -2.14. The van der Waals surface area contributed by atoms with Gasteiger partial charge in [0.25, 0.3) is 5.91 Å². The number of carbonyl (C=O) groups excluding carboxylic acids is 2. The van der Waals surface area contributed by atoms with Gasteiger partial charge in [0.2, 0.25) is 10.0 Å². The third kappa shape index (κ3) is 5.70. The number of hydrogen-bond acceptors (Lipinski definition) is 5. The first-order chi connectivity index (χ1) is 12.6. The van der Waals surface area contributed by atoms with Gasteiger partial charge in [-0.2, -0.15) is 0 Å². The Hall–Kier alpha value is -2.58.